The number of rotatable bonds is 2. The zero-order chi connectivity index (χ0) is 8.27. The van der Waals surface area contributed by atoms with Gasteiger partial charge in [-0.05, 0) is 13.0 Å². The van der Waals surface area contributed by atoms with E-state index in [0.29, 0.717) is 0 Å². The van der Waals surface area contributed by atoms with Gasteiger partial charge < -0.3 is 18.1 Å². The lowest BCUT2D eigenvalue weighted by molar-refractivity contribution is -0.684. The number of nitrogens with zero attached hydrogens (tertiary/aromatic N) is 1. The number of halogens is 1. The molecule has 0 aromatic carbocycles. The summed E-state index contributed by atoms with van der Waals surface area (Å²) in [5.74, 6) is -0.319. The quantitative estimate of drug-likeness (QED) is 0.486. The van der Waals surface area contributed by atoms with E-state index in [9.17, 15) is 4.79 Å². The van der Waals surface area contributed by atoms with Crippen molar-refractivity contribution in [2.45, 2.75) is 13.5 Å². The van der Waals surface area contributed by atoms with Gasteiger partial charge in [0.15, 0.2) is 12.4 Å². The Hall–Kier alpha value is -1.09. The van der Waals surface area contributed by atoms with Gasteiger partial charge in [0, 0.05) is 11.6 Å². The summed E-state index contributed by atoms with van der Waals surface area (Å²) in [6.45, 7) is 2.22. The van der Waals surface area contributed by atoms with E-state index in [1.165, 1.54) is 0 Å². The molecule has 0 spiro atoms. The van der Waals surface area contributed by atoms with Crippen LogP contribution in [0.15, 0.2) is 24.5 Å². The van der Waals surface area contributed by atoms with Crippen LogP contribution in [0, 0.1) is 6.92 Å². The minimum Gasteiger partial charge on any atom is -1.00 e. The van der Waals surface area contributed by atoms with Crippen molar-refractivity contribution >= 4 is 5.91 Å². The van der Waals surface area contributed by atoms with E-state index in [1.54, 1.807) is 4.57 Å². The van der Waals surface area contributed by atoms with E-state index in [1.807, 2.05) is 31.5 Å². The van der Waals surface area contributed by atoms with Crippen molar-refractivity contribution in [3.05, 3.63) is 30.1 Å². The highest BCUT2D eigenvalue weighted by atomic mass is 35.5. The summed E-state index contributed by atoms with van der Waals surface area (Å²) in [4.78, 5) is 10.5. The van der Waals surface area contributed by atoms with Crippen LogP contribution in [-0.2, 0) is 11.3 Å². The molecule has 0 bridgehead atoms. The smallest absolute Gasteiger partial charge is 0.283 e. The Balaban J connectivity index is 0.00000121. The molecule has 1 rings (SSSR count). The minimum absolute atomic E-state index is 0. The molecule has 66 valence electrons. The predicted octanol–water partition coefficient (Wildman–Crippen LogP) is -3.23. The fourth-order valence-electron chi connectivity index (χ4n) is 0.931. The van der Waals surface area contributed by atoms with Gasteiger partial charge in [-0.15, -0.1) is 0 Å². The lowest BCUT2D eigenvalue weighted by Gasteiger charge is -1.92. The molecule has 1 amide bonds. The van der Waals surface area contributed by atoms with Crippen molar-refractivity contribution in [1.82, 2.24) is 0 Å². The van der Waals surface area contributed by atoms with Crippen molar-refractivity contribution in [2.75, 3.05) is 0 Å². The molecule has 0 aliphatic heterocycles. The van der Waals surface area contributed by atoms with E-state index in [0.717, 1.165) is 5.56 Å². The lowest BCUT2D eigenvalue weighted by atomic mass is 10.3. The molecule has 12 heavy (non-hydrogen) atoms. The molecular weight excluding hydrogens is 176 g/mol. The van der Waals surface area contributed by atoms with E-state index >= 15 is 0 Å². The van der Waals surface area contributed by atoms with Gasteiger partial charge in [0.1, 0.15) is 0 Å². The first kappa shape index (κ1) is 10.9. The van der Waals surface area contributed by atoms with E-state index < -0.39 is 0 Å². The van der Waals surface area contributed by atoms with Gasteiger partial charge in [-0.1, -0.05) is 0 Å². The summed E-state index contributed by atoms with van der Waals surface area (Å²) in [5, 5.41) is 0. The molecule has 0 fully saturated rings. The van der Waals surface area contributed by atoms with Gasteiger partial charge in [-0.2, -0.15) is 4.57 Å². The number of nitrogens with two attached hydrogens (primary N) is 1. The molecule has 1 aromatic heterocycles. The molecule has 0 saturated carbocycles. The molecule has 2 N–H and O–H groups in total. The number of amides is 1. The largest absolute Gasteiger partial charge is 1.00 e. The van der Waals surface area contributed by atoms with Gasteiger partial charge in [0.2, 0.25) is 6.54 Å². The number of primary amides is 1. The SMILES string of the molecule is Cc1ccc[n+](CC(N)=O)c1.[Cl-]. The normalized spacial score (nSPS) is 8.75. The van der Waals surface area contributed by atoms with Crippen LogP contribution in [0.1, 0.15) is 5.56 Å². The molecule has 0 aliphatic carbocycles. The second kappa shape index (κ2) is 4.72. The number of pyridine rings is 1. The molecule has 0 saturated heterocycles. The molecule has 1 aromatic rings. The summed E-state index contributed by atoms with van der Waals surface area (Å²) in [5.41, 5.74) is 6.13. The molecule has 0 atom stereocenters. The molecule has 0 unspecified atom stereocenters. The van der Waals surface area contributed by atoms with Crippen molar-refractivity contribution in [3.8, 4) is 0 Å². The van der Waals surface area contributed by atoms with E-state index in [4.69, 9.17) is 5.73 Å². The van der Waals surface area contributed by atoms with Crippen LogP contribution in [0.4, 0.5) is 0 Å². The van der Waals surface area contributed by atoms with Crippen LogP contribution in [-0.4, -0.2) is 5.91 Å². The van der Waals surface area contributed by atoms with Crippen molar-refractivity contribution < 1.29 is 21.8 Å². The number of hydrogen-bond donors (Lipinski definition) is 1. The Morgan fingerprint density at radius 1 is 1.67 bits per heavy atom. The third-order valence-corrected chi connectivity index (χ3v) is 1.34. The Bertz CT molecular complexity index is 276. The summed E-state index contributed by atoms with van der Waals surface area (Å²) < 4.78 is 1.76. The molecule has 0 radical (unpaired) electrons. The van der Waals surface area contributed by atoms with Crippen LogP contribution >= 0.6 is 0 Å². The van der Waals surface area contributed by atoms with Crippen LogP contribution < -0.4 is 22.7 Å². The molecule has 1 heterocycles. The topological polar surface area (TPSA) is 47.0 Å². The Labute approximate surface area is 77.6 Å². The maximum absolute atomic E-state index is 10.5. The number of hydrogen-bond acceptors (Lipinski definition) is 1. The van der Waals surface area contributed by atoms with Crippen molar-refractivity contribution in [3.63, 3.8) is 0 Å². The van der Waals surface area contributed by atoms with Crippen LogP contribution in [0.5, 0.6) is 0 Å². The Kier molecular flexibility index (Phi) is 4.29. The molecular formula is C8H11ClN2O. The summed E-state index contributed by atoms with van der Waals surface area (Å²) in [7, 11) is 0. The first-order valence-electron chi connectivity index (χ1n) is 3.42. The van der Waals surface area contributed by atoms with Crippen LogP contribution in [0.3, 0.4) is 0 Å². The highest BCUT2D eigenvalue weighted by Crippen LogP contribution is 1.88. The zero-order valence-corrected chi connectivity index (χ0v) is 7.58. The van der Waals surface area contributed by atoms with Crippen LogP contribution in [0.2, 0.25) is 0 Å². The monoisotopic (exact) mass is 186 g/mol. The summed E-state index contributed by atoms with van der Waals surface area (Å²) in [6.07, 6.45) is 3.70. The first-order valence-corrected chi connectivity index (χ1v) is 3.42. The average molecular weight is 187 g/mol. The number of aromatic nitrogens is 1. The zero-order valence-electron chi connectivity index (χ0n) is 6.83. The molecule has 0 aliphatic rings. The Morgan fingerprint density at radius 3 is 2.83 bits per heavy atom. The van der Waals surface area contributed by atoms with Gasteiger partial charge >= 0.3 is 0 Å². The van der Waals surface area contributed by atoms with Crippen LogP contribution in [0.25, 0.3) is 0 Å². The fraction of sp³-hybridized carbons (Fsp3) is 0.250. The maximum Gasteiger partial charge on any atom is 0.283 e. The van der Waals surface area contributed by atoms with Gasteiger partial charge in [-0.25, -0.2) is 0 Å². The first-order chi connectivity index (χ1) is 5.18. The van der Waals surface area contributed by atoms with Crippen molar-refractivity contribution in [1.29, 1.82) is 0 Å². The van der Waals surface area contributed by atoms with Crippen molar-refractivity contribution in [2.24, 2.45) is 5.73 Å². The predicted molar refractivity (Wildman–Crippen MR) is 40.6 cm³/mol. The maximum atomic E-state index is 10.5. The third kappa shape index (κ3) is 3.34. The second-order valence-corrected chi connectivity index (χ2v) is 2.52. The second-order valence-electron chi connectivity index (χ2n) is 2.52. The standard InChI is InChI=1S/C8H10N2O.ClH/c1-7-3-2-4-10(5-7)6-8(9)11;/h2-5H,6H2,1H3,(H-,9,11);1H. The van der Waals surface area contributed by atoms with Gasteiger partial charge in [0.25, 0.3) is 5.91 Å². The summed E-state index contributed by atoms with van der Waals surface area (Å²) in [6, 6.07) is 3.86. The average Bonchev–Trinajstić information content (AvgIpc) is 1.85. The highest BCUT2D eigenvalue weighted by molar-refractivity contribution is 5.72. The van der Waals surface area contributed by atoms with E-state index in [2.05, 4.69) is 0 Å². The van der Waals surface area contributed by atoms with Gasteiger partial charge in [0.05, 0.1) is 0 Å². The van der Waals surface area contributed by atoms with Gasteiger partial charge in [-0.3, -0.25) is 4.79 Å². The molecule has 4 heteroatoms. The minimum atomic E-state index is -0.319. The third-order valence-electron chi connectivity index (χ3n) is 1.34. The number of carbonyl (C=O) groups excluding carboxylic acids is 1. The summed E-state index contributed by atoms with van der Waals surface area (Å²) >= 11 is 0. The number of aryl methyl sites for hydroxylation is 1. The Morgan fingerprint density at radius 2 is 2.33 bits per heavy atom. The molecule has 3 nitrogen and oxygen atoms in total. The number of carbonyl (C=O) groups is 1. The fourth-order valence-corrected chi connectivity index (χ4v) is 0.931. The highest BCUT2D eigenvalue weighted by Gasteiger charge is 2.03. The van der Waals surface area contributed by atoms with E-state index in [-0.39, 0.29) is 24.9 Å². The lowest BCUT2D eigenvalue weighted by Crippen LogP contribution is -3.00.